The number of hydrogen-bond acceptors (Lipinski definition) is 2. The monoisotopic (exact) mass is 440 g/mol. The summed E-state index contributed by atoms with van der Waals surface area (Å²) in [5.74, 6) is 0.844. The van der Waals surface area contributed by atoms with Crippen molar-refractivity contribution in [2.75, 3.05) is 16.8 Å². The van der Waals surface area contributed by atoms with Crippen molar-refractivity contribution in [3.63, 3.8) is 0 Å². The minimum Gasteiger partial charge on any atom is -0.378 e. The standard InChI is InChI=1S/C28H25ClN2O/c29-21-13-10-19(11-14-21)27-23-8-3-7-22(23)24-17-20(12-15-25(24)30-27)28(32)31-16-4-6-18-5-1-2-9-26(18)31/h1-3,5,7,9-15,17,22-23,27,30H,4,6,8,16H2/t22-,23-,27-/m0/s1. The molecule has 2 aliphatic heterocycles. The van der Waals surface area contributed by atoms with Crippen molar-refractivity contribution >= 4 is 28.9 Å². The molecule has 0 saturated carbocycles. The van der Waals surface area contributed by atoms with Gasteiger partial charge in [-0.1, -0.05) is 54.1 Å². The summed E-state index contributed by atoms with van der Waals surface area (Å²) in [7, 11) is 0. The highest BCUT2D eigenvalue weighted by Crippen LogP contribution is 2.50. The third kappa shape index (κ3) is 3.23. The van der Waals surface area contributed by atoms with E-state index in [0.717, 1.165) is 47.8 Å². The molecule has 1 amide bonds. The first-order valence-electron chi connectivity index (χ1n) is 11.4. The first kappa shape index (κ1) is 19.6. The largest absolute Gasteiger partial charge is 0.378 e. The first-order chi connectivity index (χ1) is 15.7. The molecule has 32 heavy (non-hydrogen) atoms. The Kier molecular flexibility index (Phi) is 4.80. The number of aryl methyl sites for hydroxylation is 1. The zero-order chi connectivity index (χ0) is 21.7. The molecular formula is C28H25ClN2O. The number of nitrogens with zero attached hydrogens (tertiary/aromatic N) is 1. The lowest BCUT2D eigenvalue weighted by Crippen LogP contribution is -2.36. The first-order valence-corrected chi connectivity index (χ1v) is 11.8. The Bertz CT molecular complexity index is 1220. The topological polar surface area (TPSA) is 32.3 Å². The van der Waals surface area contributed by atoms with Crippen molar-refractivity contribution in [2.24, 2.45) is 5.92 Å². The minimum atomic E-state index is 0.0956. The number of rotatable bonds is 2. The van der Waals surface area contributed by atoms with Crippen molar-refractivity contribution in [2.45, 2.75) is 31.2 Å². The molecule has 3 aromatic rings. The van der Waals surface area contributed by atoms with Gasteiger partial charge in [-0.2, -0.15) is 0 Å². The van der Waals surface area contributed by atoms with Gasteiger partial charge in [-0.15, -0.1) is 0 Å². The highest BCUT2D eigenvalue weighted by Gasteiger charge is 2.38. The number of para-hydroxylation sites is 1. The lowest BCUT2D eigenvalue weighted by molar-refractivity contribution is 0.0985. The zero-order valence-corrected chi connectivity index (χ0v) is 18.6. The highest BCUT2D eigenvalue weighted by atomic mass is 35.5. The van der Waals surface area contributed by atoms with Gasteiger partial charge in [-0.3, -0.25) is 4.79 Å². The smallest absolute Gasteiger partial charge is 0.258 e. The normalized spacial score (nSPS) is 23.2. The molecule has 1 N–H and O–H groups in total. The van der Waals surface area contributed by atoms with Crippen LogP contribution in [0.5, 0.6) is 0 Å². The predicted octanol–water partition coefficient (Wildman–Crippen LogP) is 6.76. The molecule has 0 aromatic heterocycles. The number of carbonyl (C=O) groups excluding carboxylic acids is 1. The fourth-order valence-corrected chi connectivity index (χ4v) is 5.75. The predicted molar refractivity (Wildman–Crippen MR) is 131 cm³/mol. The molecule has 0 saturated heterocycles. The van der Waals surface area contributed by atoms with Gasteiger partial charge in [0.1, 0.15) is 0 Å². The van der Waals surface area contributed by atoms with Crippen molar-refractivity contribution in [1.29, 1.82) is 0 Å². The van der Waals surface area contributed by atoms with Crippen LogP contribution in [0.15, 0.2) is 78.9 Å². The van der Waals surface area contributed by atoms with E-state index in [1.165, 1.54) is 16.7 Å². The van der Waals surface area contributed by atoms with Gasteiger partial charge in [-0.05, 0) is 78.3 Å². The summed E-state index contributed by atoms with van der Waals surface area (Å²) in [5.41, 5.74) is 6.69. The number of allylic oxidation sites excluding steroid dienone is 2. The van der Waals surface area contributed by atoms with Gasteiger partial charge < -0.3 is 10.2 Å². The van der Waals surface area contributed by atoms with Gasteiger partial charge in [0.05, 0.1) is 6.04 Å². The number of halogens is 1. The number of carbonyl (C=O) groups is 1. The van der Waals surface area contributed by atoms with Gasteiger partial charge in [-0.25, -0.2) is 0 Å². The van der Waals surface area contributed by atoms with Gasteiger partial charge in [0.2, 0.25) is 0 Å². The quantitative estimate of drug-likeness (QED) is 0.446. The molecule has 3 aromatic carbocycles. The van der Waals surface area contributed by atoms with Crippen LogP contribution in [-0.4, -0.2) is 12.5 Å². The maximum atomic E-state index is 13.5. The highest BCUT2D eigenvalue weighted by molar-refractivity contribution is 6.30. The average Bonchev–Trinajstić information content (AvgIpc) is 3.33. The second kappa shape index (κ2) is 7.83. The third-order valence-electron chi connectivity index (χ3n) is 7.19. The van der Waals surface area contributed by atoms with E-state index in [0.29, 0.717) is 11.8 Å². The van der Waals surface area contributed by atoms with Crippen molar-refractivity contribution < 1.29 is 4.79 Å². The van der Waals surface area contributed by atoms with Crippen molar-refractivity contribution in [3.8, 4) is 0 Å². The Morgan fingerprint density at radius 2 is 1.88 bits per heavy atom. The molecular weight excluding hydrogens is 416 g/mol. The Morgan fingerprint density at radius 3 is 2.75 bits per heavy atom. The summed E-state index contributed by atoms with van der Waals surface area (Å²) >= 11 is 6.12. The Morgan fingerprint density at radius 1 is 1.03 bits per heavy atom. The molecule has 0 bridgehead atoms. The molecule has 3 atom stereocenters. The number of nitrogens with one attached hydrogen (secondary N) is 1. The Labute approximate surface area is 193 Å². The summed E-state index contributed by atoms with van der Waals surface area (Å²) in [6.45, 7) is 0.774. The number of amides is 1. The fraction of sp³-hybridized carbons (Fsp3) is 0.250. The Hall–Kier alpha value is -3.04. The molecule has 1 aliphatic carbocycles. The molecule has 160 valence electrons. The summed E-state index contributed by atoms with van der Waals surface area (Å²) < 4.78 is 0. The van der Waals surface area contributed by atoms with E-state index in [1.54, 1.807) is 0 Å². The molecule has 6 rings (SSSR count). The molecule has 3 aliphatic rings. The second-order valence-electron chi connectivity index (χ2n) is 9.02. The average molecular weight is 441 g/mol. The summed E-state index contributed by atoms with van der Waals surface area (Å²) in [4.78, 5) is 15.5. The van der Waals surface area contributed by atoms with Crippen LogP contribution in [0.2, 0.25) is 5.02 Å². The van der Waals surface area contributed by atoms with Gasteiger partial charge >= 0.3 is 0 Å². The van der Waals surface area contributed by atoms with Crippen LogP contribution in [0.25, 0.3) is 0 Å². The second-order valence-corrected chi connectivity index (χ2v) is 9.45. The Balaban J connectivity index is 1.34. The van der Waals surface area contributed by atoms with Crippen LogP contribution < -0.4 is 10.2 Å². The van der Waals surface area contributed by atoms with Crippen LogP contribution in [0.4, 0.5) is 11.4 Å². The van der Waals surface area contributed by atoms with Crippen LogP contribution in [0.3, 0.4) is 0 Å². The maximum Gasteiger partial charge on any atom is 0.258 e. The summed E-state index contributed by atoms with van der Waals surface area (Å²) in [5, 5.41) is 4.52. The molecule has 2 heterocycles. The molecule has 3 nitrogen and oxygen atoms in total. The molecule has 0 radical (unpaired) electrons. The number of fused-ring (bicyclic) bond motifs is 4. The van der Waals surface area contributed by atoms with E-state index in [9.17, 15) is 4.79 Å². The molecule has 0 fully saturated rings. The van der Waals surface area contributed by atoms with Gasteiger partial charge in [0, 0.05) is 34.4 Å². The van der Waals surface area contributed by atoms with E-state index in [-0.39, 0.29) is 11.9 Å². The molecule has 4 heteroatoms. The van der Waals surface area contributed by atoms with Gasteiger partial charge in [0.15, 0.2) is 0 Å². The summed E-state index contributed by atoms with van der Waals surface area (Å²) in [6.07, 6.45) is 7.67. The zero-order valence-electron chi connectivity index (χ0n) is 17.8. The fourth-order valence-electron chi connectivity index (χ4n) is 5.63. The maximum absolute atomic E-state index is 13.5. The third-order valence-corrected chi connectivity index (χ3v) is 7.45. The van der Waals surface area contributed by atoms with E-state index in [2.05, 4.69) is 59.9 Å². The summed E-state index contributed by atoms with van der Waals surface area (Å²) in [6, 6.07) is 22.9. The molecule has 0 spiro atoms. The van der Waals surface area contributed by atoms with Crippen molar-refractivity contribution in [3.05, 3.63) is 106 Å². The van der Waals surface area contributed by atoms with Crippen LogP contribution in [0, 0.1) is 5.92 Å². The molecule has 0 unspecified atom stereocenters. The van der Waals surface area contributed by atoms with Crippen LogP contribution >= 0.6 is 11.6 Å². The van der Waals surface area contributed by atoms with Crippen LogP contribution in [0.1, 0.15) is 51.8 Å². The van der Waals surface area contributed by atoms with Gasteiger partial charge in [0.25, 0.3) is 5.91 Å². The van der Waals surface area contributed by atoms with E-state index >= 15 is 0 Å². The van der Waals surface area contributed by atoms with E-state index in [4.69, 9.17) is 11.6 Å². The van der Waals surface area contributed by atoms with E-state index in [1.807, 2.05) is 29.2 Å². The lowest BCUT2D eigenvalue weighted by atomic mass is 9.76. The number of anilines is 2. The van der Waals surface area contributed by atoms with Crippen LogP contribution in [-0.2, 0) is 6.42 Å². The SMILES string of the molecule is O=C(c1ccc2c(c1)[C@H]1C=CC[C@@H]1[C@H](c1ccc(Cl)cc1)N2)N1CCCc2ccccc21. The minimum absolute atomic E-state index is 0.0956. The lowest BCUT2D eigenvalue weighted by Gasteiger charge is -2.38. The number of hydrogen-bond donors (Lipinski definition) is 1. The number of benzene rings is 3. The van der Waals surface area contributed by atoms with E-state index < -0.39 is 0 Å². The van der Waals surface area contributed by atoms with Crippen molar-refractivity contribution in [1.82, 2.24) is 0 Å².